The van der Waals surface area contributed by atoms with Gasteiger partial charge in [0.1, 0.15) is 0 Å². The van der Waals surface area contributed by atoms with Crippen molar-refractivity contribution < 1.29 is 14.6 Å². The fraction of sp³-hybridized carbons (Fsp3) is 0.500. The monoisotopic (exact) mass is 389 g/mol. The summed E-state index contributed by atoms with van der Waals surface area (Å²) in [6.45, 7) is 5.76. The van der Waals surface area contributed by atoms with E-state index in [1.54, 1.807) is 0 Å². The molecule has 0 spiro atoms. The lowest BCUT2D eigenvalue weighted by atomic mass is 9.81. The molecule has 146 valence electrons. The van der Waals surface area contributed by atoms with E-state index >= 15 is 0 Å². The van der Waals surface area contributed by atoms with Crippen LogP contribution in [0.25, 0.3) is 0 Å². The number of aryl methyl sites for hydroxylation is 2. The summed E-state index contributed by atoms with van der Waals surface area (Å²) < 4.78 is 5.35. The maximum Gasteiger partial charge on any atom is 0.321 e. The van der Waals surface area contributed by atoms with Crippen molar-refractivity contribution >= 4 is 22.5 Å². The molecule has 1 saturated heterocycles. The van der Waals surface area contributed by atoms with Crippen molar-refractivity contribution in [1.82, 2.24) is 10.3 Å². The number of amides is 2. The smallest absolute Gasteiger partial charge is 0.321 e. The molecule has 7 heteroatoms. The lowest BCUT2D eigenvalue weighted by Crippen LogP contribution is -2.44. The summed E-state index contributed by atoms with van der Waals surface area (Å²) in [6.07, 6.45) is 2.31. The van der Waals surface area contributed by atoms with Gasteiger partial charge in [-0.25, -0.2) is 9.78 Å². The van der Waals surface area contributed by atoms with Crippen LogP contribution in [0.1, 0.15) is 34.5 Å². The molecule has 1 aromatic heterocycles. The number of nitrogens with one attached hydrogen (secondary N) is 2. The molecule has 0 saturated carbocycles. The fourth-order valence-electron chi connectivity index (χ4n) is 3.14. The number of urea groups is 1. The van der Waals surface area contributed by atoms with Crippen molar-refractivity contribution in [3.05, 3.63) is 46.0 Å². The number of aromatic nitrogens is 1. The second-order valence-corrected chi connectivity index (χ2v) is 8.35. The van der Waals surface area contributed by atoms with Crippen LogP contribution in [-0.4, -0.2) is 42.5 Å². The zero-order valence-electron chi connectivity index (χ0n) is 15.9. The molecule has 2 amide bonds. The van der Waals surface area contributed by atoms with Gasteiger partial charge in [0.05, 0.1) is 12.3 Å². The third-order valence-electron chi connectivity index (χ3n) is 5.11. The average Bonchev–Trinajstić information content (AvgIpc) is 3.01. The lowest BCUT2D eigenvalue weighted by molar-refractivity contribution is -0.0136. The van der Waals surface area contributed by atoms with E-state index in [4.69, 9.17) is 4.74 Å². The number of carbonyl (C=O) groups is 1. The molecule has 3 rings (SSSR count). The third kappa shape index (κ3) is 5.28. The zero-order chi connectivity index (χ0) is 19.3. The van der Waals surface area contributed by atoms with E-state index < -0.39 is 0 Å². The van der Waals surface area contributed by atoms with E-state index in [-0.39, 0.29) is 18.1 Å². The van der Waals surface area contributed by atoms with Crippen molar-refractivity contribution in [1.29, 1.82) is 0 Å². The largest absolute Gasteiger partial charge is 0.396 e. The number of carbonyl (C=O) groups excluding carboxylic acids is 1. The fourth-order valence-corrected chi connectivity index (χ4v) is 4.13. The van der Waals surface area contributed by atoms with E-state index in [2.05, 4.69) is 46.8 Å². The predicted octanol–water partition coefficient (Wildman–Crippen LogP) is 3.26. The molecule has 1 aromatic carbocycles. The number of anilines is 1. The Morgan fingerprint density at radius 3 is 2.63 bits per heavy atom. The van der Waals surface area contributed by atoms with Crippen molar-refractivity contribution in [2.45, 2.75) is 33.1 Å². The number of aliphatic hydroxyl groups is 1. The number of hydrogen-bond donors (Lipinski definition) is 3. The molecule has 0 radical (unpaired) electrons. The minimum absolute atomic E-state index is 0.0493. The van der Waals surface area contributed by atoms with Crippen LogP contribution >= 0.6 is 11.3 Å². The highest BCUT2D eigenvalue weighted by Gasteiger charge is 2.32. The molecule has 6 nitrogen and oxygen atoms in total. The van der Waals surface area contributed by atoms with Gasteiger partial charge in [0.15, 0.2) is 5.13 Å². The number of rotatable bonds is 6. The molecule has 3 N–H and O–H groups in total. The van der Waals surface area contributed by atoms with Gasteiger partial charge in [-0.05, 0) is 32.3 Å². The van der Waals surface area contributed by atoms with Gasteiger partial charge < -0.3 is 15.2 Å². The van der Waals surface area contributed by atoms with Crippen LogP contribution in [0.5, 0.6) is 0 Å². The number of benzene rings is 1. The van der Waals surface area contributed by atoms with Gasteiger partial charge in [-0.15, -0.1) is 11.3 Å². The van der Waals surface area contributed by atoms with Gasteiger partial charge in [-0.3, -0.25) is 5.32 Å². The topological polar surface area (TPSA) is 83.5 Å². The van der Waals surface area contributed by atoms with E-state index in [0.29, 0.717) is 24.9 Å². The second kappa shape index (κ2) is 8.82. The van der Waals surface area contributed by atoms with Crippen LogP contribution in [0.4, 0.5) is 9.93 Å². The SMILES string of the molecule is Cc1ccc(Cc2sc(NC(=O)NCC3(CO)CCOCC3)nc2C)cc1. The van der Waals surface area contributed by atoms with Crippen molar-refractivity contribution in [3.63, 3.8) is 0 Å². The standard InChI is InChI=1S/C20H27N3O3S/c1-14-3-5-16(6-4-14)11-17-15(2)22-19(27-17)23-18(25)21-12-20(13-24)7-9-26-10-8-20/h3-6,24H,7-13H2,1-2H3,(H2,21,22,23,25). The maximum atomic E-state index is 12.3. The summed E-state index contributed by atoms with van der Waals surface area (Å²) in [5.41, 5.74) is 3.12. The summed E-state index contributed by atoms with van der Waals surface area (Å²) in [5.74, 6) is 0. The third-order valence-corrected chi connectivity index (χ3v) is 6.18. The van der Waals surface area contributed by atoms with E-state index in [0.717, 1.165) is 29.8 Å². The minimum Gasteiger partial charge on any atom is -0.396 e. The molecule has 1 aliphatic heterocycles. The first-order valence-corrected chi connectivity index (χ1v) is 10.1. The molecular formula is C20H27N3O3S. The summed E-state index contributed by atoms with van der Waals surface area (Å²) in [4.78, 5) is 17.9. The van der Waals surface area contributed by atoms with E-state index in [9.17, 15) is 9.90 Å². The van der Waals surface area contributed by atoms with Gasteiger partial charge in [-0.2, -0.15) is 0 Å². The second-order valence-electron chi connectivity index (χ2n) is 7.27. The van der Waals surface area contributed by atoms with Crippen molar-refractivity contribution in [2.75, 3.05) is 31.7 Å². The Labute approximate surface area is 164 Å². The van der Waals surface area contributed by atoms with Gasteiger partial charge in [0, 0.05) is 36.5 Å². The number of ether oxygens (including phenoxy) is 1. The number of aliphatic hydroxyl groups excluding tert-OH is 1. The Kier molecular flexibility index (Phi) is 6.46. The zero-order valence-corrected chi connectivity index (χ0v) is 16.7. The Balaban J connectivity index is 1.56. The van der Waals surface area contributed by atoms with E-state index in [1.807, 2.05) is 6.92 Å². The summed E-state index contributed by atoms with van der Waals surface area (Å²) in [6, 6.07) is 8.16. The average molecular weight is 390 g/mol. The number of nitrogens with zero attached hydrogens (tertiary/aromatic N) is 1. The summed E-state index contributed by atoms with van der Waals surface area (Å²) in [5, 5.41) is 16.0. The van der Waals surface area contributed by atoms with Crippen molar-refractivity contribution in [2.24, 2.45) is 5.41 Å². The predicted molar refractivity (Wildman–Crippen MR) is 107 cm³/mol. The van der Waals surface area contributed by atoms with Crippen LogP contribution in [0, 0.1) is 19.3 Å². The molecular weight excluding hydrogens is 362 g/mol. The summed E-state index contributed by atoms with van der Waals surface area (Å²) in [7, 11) is 0. The molecule has 0 atom stereocenters. The van der Waals surface area contributed by atoms with Crippen LogP contribution in [0.2, 0.25) is 0 Å². The molecule has 27 heavy (non-hydrogen) atoms. The molecule has 0 aliphatic carbocycles. The minimum atomic E-state index is -0.287. The Morgan fingerprint density at radius 1 is 1.26 bits per heavy atom. The van der Waals surface area contributed by atoms with Crippen LogP contribution in [0.15, 0.2) is 24.3 Å². The number of thiazole rings is 1. The Hall–Kier alpha value is -1.96. The molecule has 1 fully saturated rings. The van der Waals surface area contributed by atoms with Crippen LogP contribution in [-0.2, 0) is 11.2 Å². The summed E-state index contributed by atoms with van der Waals surface area (Å²) >= 11 is 1.50. The Morgan fingerprint density at radius 2 is 1.96 bits per heavy atom. The highest BCUT2D eigenvalue weighted by Crippen LogP contribution is 2.29. The lowest BCUT2D eigenvalue weighted by Gasteiger charge is -2.35. The first kappa shape index (κ1) is 19.8. The molecule has 2 aromatic rings. The van der Waals surface area contributed by atoms with Gasteiger partial charge in [-0.1, -0.05) is 29.8 Å². The first-order valence-electron chi connectivity index (χ1n) is 9.25. The first-order chi connectivity index (χ1) is 13.0. The molecule has 0 bridgehead atoms. The highest BCUT2D eigenvalue weighted by molar-refractivity contribution is 7.15. The van der Waals surface area contributed by atoms with Crippen LogP contribution in [0.3, 0.4) is 0 Å². The quantitative estimate of drug-likeness (QED) is 0.708. The van der Waals surface area contributed by atoms with Gasteiger partial charge in [0.25, 0.3) is 0 Å². The molecule has 2 heterocycles. The van der Waals surface area contributed by atoms with Gasteiger partial charge >= 0.3 is 6.03 Å². The molecule has 1 aliphatic rings. The Bertz CT molecular complexity index is 767. The van der Waals surface area contributed by atoms with Gasteiger partial charge in [0.2, 0.25) is 0 Å². The van der Waals surface area contributed by atoms with Crippen LogP contribution < -0.4 is 10.6 Å². The van der Waals surface area contributed by atoms with Crippen molar-refractivity contribution in [3.8, 4) is 0 Å². The highest BCUT2D eigenvalue weighted by atomic mass is 32.1. The molecule has 0 unspecified atom stereocenters. The van der Waals surface area contributed by atoms with E-state index in [1.165, 1.54) is 22.5 Å². The maximum absolute atomic E-state index is 12.3. The normalized spacial score (nSPS) is 16.1. The number of hydrogen-bond acceptors (Lipinski definition) is 5.